The van der Waals surface area contributed by atoms with Crippen molar-refractivity contribution < 1.29 is 22.1 Å². The van der Waals surface area contributed by atoms with E-state index < -0.39 is 0 Å². The van der Waals surface area contributed by atoms with Gasteiger partial charge in [0.1, 0.15) is 0 Å². The molecule has 1 saturated heterocycles. The Morgan fingerprint density at radius 1 is 1.04 bits per heavy atom. The molecule has 0 spiro atoms. The zero-order chi connectivity index (χ0) is 18.4. The number of hydrogen-bond acceptors (Lipinski definition) is 1. The van der Waals surface area contributed by atoms with Crippen LogP contribution in [-0.2, 0) is 6.42 Å². The van der Waals surface area contributed by atoms with Crippen LogP contribution in [0.5, 0.6) is 0 Å². The van der Waals surface area contributed by atoms with Crippen LogP contribution in [0.3, 0.4) is 0 Å². The molecule has 1 aliphatic heterocycles. The summed E-state index contributed by atoms with van der Waals surface area (Å²) >= 11 is 0. The lowest BCUT2D eigenvalue weighted by atomic mass is 10.1. The summed E-state index contributed by atoms with van der Waals surface area (Å²) in [6, 6.07) is 21.4. The average molecular weight is 388 g/mol. The van der Waals surface area contributed by atoms with Gasteiger partial charge in [0.05, 0.1) is 32.2 Å². The number of hydrogen-bond donors (Lipinski definition) is 1. The molecule has 1 N–H and O–H groups in total. The fourth-order valence-electron chi connectivity index (χ4n) is 3.80. The van der Waals surface area contributed by atoms with Gasteiger partial charge >= 0.3 is 6.03 Å². The molecule has 0 saturated carbocycles. The number of rotatable bonds is 5. The molecule has 1 heterocycles. The predicted molar refractivity (Wildman–Crippen MR) is 107 cm³/mol. The van der Waals surface area contributed by atoms with Crippen molar-refractivity contribution in [2.24, 2.45) is 0 Å². The number of amides is 2. The molecule has 5 heteroatoms. The zero-order valence-corrected chi connectivity index (χ0v) is 17.0. The molecule has 4 nitrogen and oxygen atoms in total. The fourth-order valence-corrected chi connectivity index (χ4v) is 3.80. The molecule has 2 aromatic carbocycles. The van der Waals surface area contributed by atoms with Crippen molar-refractivity contribution in [2.75, 3.05) is 37.6 Å². The predicted octanol–water partition coefficient (Wildman–Crippen LogP) is -0.531. The molecule has 1 unspecified atom stereocenters. The van der Waals surface area contributed by atoms with Crippen LogP contribution in [0.25, 0.3) is 0 Å². The standard InChI is InChI=1S/C22H29N3O.ClH/c1-3-25(21-12-8-5-9-13-21)22(26)24-16-14-23(15-17-24)19(2)18-20-10-6-4-7-11-20;/h4-13,19H,3,14-18H2,1-2H3;1H. The monoisotopic (exact) mass is 387 g/mol. The Labute approximate surface area is 169 Å². The maximum atomic E-state index is 12.9. The van der Waals surface area contributed by atoms with Gasteiger partial charge in [0.25, 0.3) is 0 Å². The minimum Gasteiger partial charge on any atom is -1.00 e. The SMILES string of the molecule is CCN(C(=O)N1CC[NH+](C(C)Cc2ccccc2)CC1)c1ccccc1.[Cl-]. The largest absolute Gasteiger partial charge is 1.00 e. The van der Waals surface area contributed by atoms with Crippen molar-refractivity contribution in [2.45, 2.75) is 26.3 Å². The molecular weight excluding hydrogens is 358 g/mol. The summed E-state index contributed by atoms with van der Waals surface area (Å²) in [4.78, 5) is 18.4. The van der Waals surface area contributed by atoms with E-state index in [1.54, 1.807) is 4.90 Å². The van der Waals surface area contributed by atoms with Crippen molar-refractivity contribution in [1.29, 1.82) is 0 Å². The number of carbonyl (C=O) groups is 1. The average Bonchev–Trinajstić information content (AvgIpc) is 2.70. The van der Waals surface area contributed by atoms with Crippen LogP contribution in [0.2, 0.25) is 0 Å². The van der Waals surface area contributed by atoms with Gasteiger partial charge in [-0.15, -0.1) is 0 Å². The Kier molecular flexibility index (Phi) is 8.14. The van der Waals surface area contributed by atoms with Crippen LogP contribution in [0.15, 0.2) is 60.7 Å². The summed E-state index contributed by atoms with van der Waals surface area (Å²) in [5.74, 6) is 0. The van der Waals surface area contributed by atoms with E-state index in [0.29, 0.717) is 12.6 Å². The summed E-state index contributed by atoms with van der Waals surface area (Å²) < 4.78 is 0. The van der Waals surface area contributed by atoms with Gasteiger partial charge in [-0.05, 0) is 31.5 Å². The third-order valence-corrected chi connectivity index (χ3v) is 5.37. The number of nitrogens with one attached hydrogen (secondary N) is 1. The van der Waals surface area contributed by atoms with Gasteiger partial charge < -0.3 is 22.2 Å². The van der Waals surface area contributed by atoms with E-state index >= 15 is 0 Å². The van der Waals surface area contributed by atoms with Crippen LogP contribution >= 0.6 is 0 Å². The van der Waals surface area contributed by atoms with Crippen LogP contribution in [0.1, 0.15) is 19.4 Å². The summed E-state index contributed by atoms with van der Waals surface area (Å²) in [5, 5.41) is 0. The highest BCUT2D eigenvalue weighted by atomic mass is 35.5. The van der Waals surface area contributed by atoms with Crippen molar-refractivity contribution in [1.82, 2.24) is 4.90 Å². The topological polar surface area (TPSA) is 28.0 Å². The summed E-state index contributed by atoms with van der Waals surface area (Å²) in [6.45, 7) is 8.75. The normalized spacial score (nSPS) is 15.7. The van der Waals surface area contributed by atoms with E-state index in [-0.39, 0.29) is 18.4 Å². The molecule has 0 aliphatic carbocycles. The number of para-hydroxylation sites is 1. The number of urea groups is 1. The van der Waals surface area contributed by atoms with Crippen LogP contribution in [0.4, 0.5) is 10.5 Å². The lowest BCUT2D eigenvalue weighted by molar-refractivity contribution is -0.927. The molecule has 0 aromatic heterocycles. The van der Waals surface area contributed by atoms with Gasteiger partial charge in [0, 0.05) is 18.7 Å². The second-order valence-electron chi connectivity index (χ2n) is 7.10. The van der Waals surface area contributed by atoms with E-state index in [1.165, 1.54) is 5.56 Å². The number of halogens is 1. The van der Waals surface area contributed by atoms with Gasteiger partial charge in [0.15, 0.2) is 0 Å². The van der Waals surface area contributed by atoms with Crippen molar-refractivity contribution in [3.8, 4) is 0 Å². The lowest BCUT2D eigenvalue weighted by Gasteiger charge is -2.37. The second kappa shape index (κ2) is 10.3. The maximum absolute atomic E-state index is 12.9. The zero-order valence-electron chi connectivity index (χ0n) is 16.3. The van der Waals surface area contributed by atoms with E-state index in [1.807, 2.05) is 47.1 Å². The highest BCUT2D eigenvalue weighted by molar-refractivity contribution is 5.91. The highest BCUT2D eigenvalue weighted by Gasteiger charge is 2.29. The Morgan fingerprint density at radius 3 is 2.15 bits per heavy atom. The summed E-state index contributed by atoms with van der Waals surface area (Å²) in [7, 11) is 0. The lowest BCUT2D eigenvalue weighted by Crippen LogP contribution is -3.18. The van der Waals surface area contributed by atoms with Gasteiger partial charge in [-0.25, -0.2) is 4.79 Å². The van der Waals surface area contributed by atoms with Crippen LogP contribution in [-0.4, -0.2) is 49.7 Å². The Hall–Kier alpha value is -2.04. The summed E-state index contributed by atoms with van der Waals surface area (Å²) in [6.07, 6.45) is 1.09. The molecule has 0 radical (unpaired) electrons. The molecule has 1 atom stereocenters. The van der Waals surface area contributed by atoms with E-state index in [4.69, 9.17) is 0 Å². The number of benzene rings is 2. The third kappa shape index (κ3) is 5.47. The summed E-state index contributed by atoms with van der Waals surface area (Å²) in [5.41, 5.74) is 2.37. The first kappa shape index (κ1) is 21.3. The van der Waals surface area contributed by atoms with E-state index in [0.717, 1.165) is 38.3 Å². The minimum absolute atomic E-state index is 0. The van der Waals surface area contributed by atoms with E-state index in [9.17, 15) is 4.79 Å². The number of piperazine rings is 1. The molecule has 2 aromatic rings. The molecule has 0 bridgehead atoms. The third-order valence-electron chi connectivity index (χ3n) is 5.37. The first-order valence-corrected chi connectivity index (χ1v) is 9.69. The Balaban J connectivity index is 0.00000261. The number of quaternary nitrogens is 1. The van der Waals surface area contributed by atoms with Gasteiger partial charge in [-0.3, -0.25) is 4.90 Å². The highest BCUT2D eigenvalue weighted by Crippen LogP contribution is 2.15. The Morgan fingerprint density at radius 2 is 1.59 bits per heavy atom. The number of nitrogens with zero attached hydrogens (tertiary/aromatic N) is 2. The molecular formula is C22H30ClN3O. The maximum Gasteiger partial charge on any atom is 0.324 e. The van der Waals surface area contributed by atoms with Crippen LogP contribution < -0.4 is 22.2 Å². The van der Waals surface area contributed by atoms with Gasteiger partial charge in [0.2, 0.25) is 0 Å². The molecule has 3 rings (SSSR count). The molecule has 146 valence electrons. The first-order chi connectivity index (χ1) is 12.7. The van der Waals surface area contributed by atoms with Crippen molar-refractivity contribution in [3.05, 3.63) is 66.2 Å². The molecule has 27 heavy (non-hydrogen) atoms. The van der Waals surface area contributed by atoms with Gasteiger partial charge in [-0.2, -0.15) is 0 Å². The Bertz CT molecular complexity index is 687. The second-order valence-corrected chi connectivity index (χ2v) is 7.10. The fraction of sp³-hybridized carbons (Fsp3) is 0.409. The van der Waals surface area contributed by atoms with E-state index in [2.05, 4.69) is 37.3 Å². The quantitative estimate of drug-likeness (QED) is 0.734. The van der Waals surface area contributed by atoms with Crippen molar-refractivity contribution in [3.63, 3.8) is 0 Å². The van der Waals surface area contributed by atoms with Gasteiger partial charge in [-0.1, -0.05) is 48.5 Å². The van der Waals surface area contributed by atoms with Crippen molar-refractivity contribution >= 4 is 11.7 Å². The minimum atomic E-state index is 0. The molecule has 1 fully saturated rings. The number of carbonyl (C=O) groups excluding carboxylic acids is 1. The molecule has 1 aliphatic rings. The number of anilines is 1. The smallest absolute Gasteiger partial charge is 0.324 e. The first-order valence-electron chi connectivity index (χ1n) is 9.69. The molecule has 2 amide bonds. The van der Waals surface area contributed by atoms with Crippen LogP contribution in [0, 0.1) is 0 Å².